The molecule has 1 amide bonds. The third-order valence-corrected chi connectivity index (χ3v) is 5.18. The number of aryl methyl sites for hydroxylation is 3. The monoisotopic (exact) mass is 397 g/mol. The number of amides is 1. The first-order chi connectivity index (χ1) is 13.5. The molecule has 0 saturated heterocycles. The summed E-state index contributed by atoms with van der Waals surface area (Å²) < 4.78 is 10.7. The Morgan fingerprint density at radius 2 is 1.86 bits per heavy atom. The molecule has 2 heterocycles. The van der Waals surface area contributed by atoms with Crippen LogP contribution in [-0.2, 0) is 16.0 Å². The van der Waals surface area contributed by atoms with E-state index in [1.165, 1.54) is 11.3 Å². The van der Waals surface area contributed by atoms with Gasteiger partial charge in [-0.05, 0) is 38.5 Å². The summed E-state index contributed by atoms with van der Waals surface area (Å²) in [6, 6.07) is 11.7. The van der Waals surface area contributed by atoms with E-state index >= 15 is 0 Å². The van der Waals surface area contributed by atoms with E-state index in [4.69, 9.17) is 9.15 Å². The minimum absolute atomic E-state index is 0.170. The topological polar surface area (TPSA) is 68.5 Å². The van der Waals surface area contributed by atoms with E-state index in [0.717, 1.165) is 28.2 Å². The van der Waals surface area contributed by atoms with Gasteiger partial charge in [0.25, 0.3) is 0 Å². The van der Waals surface area contributed by atoms with Crippen molar-refractivity contribution >= 4 is 28.2 Å². The molecule has 0 bridgehead atoms. The van der Waals surface area contributed by atoms with Gasteiger partial charge in [0.15, 0.2) is 0 Å². The Balaban J connectivity index is 1.80. The molecule has 28 heavy (non-hydrogen) atoms. The van der Waals surface area contributed by atoms with Crippen LogP contribution >= 0.6 is 11.3 Å². The lowest BCUT2D eigenvalue weighted by molar-refractivity contribution is -0.116. The lowest BCUT2D eigenvalue weighted by atomic mass is 10.0. The lowest BCUT2D eigenvalue weighted by Crippen LogP contribution is -2.15. The summed E-state index contributed by atoms with van der Waals surface area (Å²) in [4.78, 5) is 25.0. The molecule has 6 heteroatoms. The van der Waals surface area contributed by atoms with Crippen LogP contribution in [0, 0.1) is 13.8 Å². The maximum absolute atomic E-state index is 12.6. The van der Waals surface area contributed by atoms with Gasteiger partial charge in [-0.2, -0.15) is 0 Å². The number of ether oxygens (including phenoxy) is 1. The quantitative estimate of drug-likeness (QED) is 0.544. The molecule has 0 aliphatic carbocycles. The maximum Gasteiger partial charge on any atom is 0.341 e. The molecule has 0 aliphatic rings. The molecule has 0 radical (unpaired) electrons. The fraction of sp³-hybridized carbons (Fsp3) is 0.273. The Morgan fingerprint density at radius 3 is 2.50 bits per heavy atom. The van der Waals surface area contributed by atoms with Gasteiger partial charge in [0.05, 0.1) is 6.61 Å². The molecule has 146 valence electrons. The van der Waals surface area contributed by atoms with E-state index < -0.39 is 5.97 Å². The molecule has 0 unspecified atom stereocenters. The molecule has 0 fully saturated rings. The Morgan fingerprint density at radius 1 is 1.11 bits per heavy atom. The highest BCUT2D eigenvalue weighted by atomic mass is 32.1. The zero-order valence-corrected chi connectivity index (χ0v) is 17.0. The van der Waals surface area contributed by atoms with E-state index in [1.807, 2.05) is 55.6 Å². The average molecular weight is 397 g/mol. The summed E-state index contributed by atoms with van der Waals surface area (Å²) in [5.41, 5.74) is 3.22. The van der Waals surface area contributed by atoms with Crippen LogP contribution in [0.1, 0.15) is 40.8 Å². The van der Waals surface area contributed by atoms with E-state index in [1.54, 1.807) is 6.92 Å². The first-order valence-corrected chi connectivity index (χ1v) is 10.1. The number of nitrogens with one attached hydrogen (secondary N) is 1. The van der Waals surface area contributed by atoms with Gasteiger partial charge in [-0.1, -0.05) is 29.8 Å². The largest absolute Gasteiger partial charge is 0.466 e. The van der Waals surface area contributed by atoms with Crippen molar-refractivity contribution in [3.8, 4) is 11.1 Å². The van der Waals surface area contributed by atoms with Crippen LogP contribution in [0.5, 0.6) is 0 Å². The highest BCUT2D eigenvalue weighted by Crippen LogP contribution is 2.36. The SMILES string of the molecule is CCOC(=O)c1c(-c2ccc(C)cc2)csc1NC(=O)CCc1ccc(C)o1. The zero-order chi connectivity index (χ0) is 20.1. The fourth-order valence-electron chi connectivity index (χ4n) is 2.85. The maximum atomic E-state index is 12.6. The second-order valence-electron chi connectivity index (χ2n) is 6.50. The molecule has 3 aromatic rings. The van der Waals surface area contributed by atoms with E-state index in [2.05, 4.69) is 5.32 Å². The highest BCUT2D eigenvalue weighted by Gasteiger charge is 2.22. The molecular formula is C22H23NO4S. The number of hydrogen-bond acceptors (Lipinski definition) is 5. The molecular weight excluding hydrogens is 374 g/mol. The molecule has 5 nitrogen and oxygen atoms in total. The predicted molar refractivity (Wildman–Crippen MR) is 111 cm³/mol. The van der Waals surface area contributed by atoms with Crippen LogP contribution in [0.15, 0.2) is 46.2 Å². The zero-order valence-electron chi connectivity index (χ0n) is 16.2. The lowest BCUT2D eigenvalue weighted by Gasteiger charge is -2.09. The van der Waals surface area contributed by atoms with Crippen LogP contribution in [-0.4, -0.2) is 18.5 Å². The Bertz CT molecular complexity index is 969. The van der Waals surface area contributed by atoms with Gasteiger partial charge >= 0.3 is 5.97 Å². The number of rotatable bonds is 7. The van der Waals surface area contributed by atoms with Gasteiger partial charge in [0, 0.05) is 23.8 Å². The van der Waals surface area contributed by atoms with Gasteiger partial charge in [0.2, 0.25) is 5.91 Å². The van der Waals surface area contributed by atoms with Gasteiger partial charge in [-0.3, -0.25) is 4.79 Å². The standard InChI is InChI=1S/C22H23NO4S/c1-4-26-22(25)20-18(16-8-5-14(2)6-9-16)13-28-21(20)23-19(24)12-11-17-10-7-15(3)27-17/h5-10,13H,4,11-12H2,1-3H3,(H,23,24). The molecule has 0 saturated carbocycles. The fourth-order valence-corrected chi connectivity index (χ4v) is 3.82. The van der Waals surface area contributed by atoms with Crippen molar-refractivity contribution in [3.63, 3.8) is 0 Å². The van der Waals surface area contributed by atoms with Gasteiger partial charge in [-0.25, -0.2) is 4.79 Å². The van der Waals surface area contributed by atoms with E-state index in [-0.39, 0.29) is 18.9 Å². The van der Waals surface area contributed by atoms with E-state index in [9.17, 15) is 9.59 Å². The van der Waals surface area contributed by atoms with Crippen LogP contribution in [0.3, 0.4) is 0 Å². The van der Waals surface area contributed by atoms with Gasteiger partial charge < -0.3 is 14.5 Å². The number of hydrogen-bond donors (Lipinski definition) is 1. The molecule has 0 atom stereocenters. The Labute approximate surface area is 168 Å². The molecule has 2 aromatic heterocycles. The third kappa shape index (κ3) is 4.70. The molecule has 0 spiro atoms. The van der Waals surface area contributed by atoms with Crippen molar-refractivity contribution in [3.05, 3.63) is 64.4 Å². The van der Waals surface area contributed by atoms with Crippen LogP contribution in [0.2, 0.25) is 0 Å². The van der Waals surface area contributed by atoms with Crippen molar-refractivity contribution in [2.75, 3.05) is 11.9 Å². The Kier molecular flexibility index (Phi) is 6.31. The first-order valence-electron chi connectivity index (χ1n) is 9.18. The van der Waals surface area contributed by atoms with Crippen molar-refractivity contribution in [1.82, 2.24) is 0 Å². The summed E-state index contributed by atoms with van der Waals surface area (Å²) >= 11 is 1.33. The number of furan rings is 1. The normalized spacial score (nSPS) is 10.7. The minimum Gasteiger partial charge on any atom is -0.466 e. The first kappa shape index (κ1) is 19.9. The van der Waals surface area contributed by atoms with Crippen LogP contribution < -0.4 is 5.32 Å². The summed E-state index contributed by atoms with van der Waals surface area (Å²) in [5.74, 6) is 0.985. The molecule has 3 rings (SSSR count). The summed E-state index contributed by atoms with van der Waals surface area (Å²) in [6.45, 7) is 5.91. The van der Waals surface area contributed by atoms with E-state index in [0.29, 0.717) is 17.0 Å². The highest BCUT2D eigenvalue weighted by molar-refractivity contribution is 7.15. The van der Waals surface area contributed by atoms with Crippen molar-refractivity contribution in [2.45, 2.75) is 33.6 Å². The summed E-state index contributed by atoms with van der Waals surface area (Å²) in [7, 11) is 0. The second-order valence-corrected chi connectivity index (χ2v) is 7.38. The molecule has 1 aromatic carbocycles. The third-order valence-electron chi connectivity index (χ3n) is 4.28. The number of thiophene rings is 1. The molecule has 0 aliphatic heterocycles. The van der Waals surface area contributed by atoms with Crippen molar-refractivity contribution < 1.29 is 18.7 Å². The van der Waals surface area contributed by atoms with Gasteiger partial charge in [-0.15, -0.1) is 11.3 Å². The number of esters is 1. The van der Waals surface area contributed by atoms with Crippen molar-refractivity contribution in [1.29, 1.82) is 0 Å². The average Bonchev–Trinajstić information content (AvgIpc) is 3.27. The van der Waals surface area contributed by atoms with Gasteiger partial charge in [0.1, 0.15) is 22.1 Å². The van der Waals surface area contributed by atoms with Crippen LogP contribution in [0.25, 0.3) is 11.1 Å². The van der Waals surface area contributed by atoms with Crippen molar-refractivity contribution in [2.24, 2.45) is 0 Å². The number of carbonyl (C=O) groups excluding carboxylic acids is 2. The molecule has 1 N–H and O–H groups in total. The van der Waals surface area contributed by atoms with Crippen LogP contribution in [0.4, 0.5) is 5.00 Å². The number of carbonyl (C=O) groups is 2. The second kappa shape index (κ2) is 8.89. The smallest absolute Gasteiger partial charge is 0.341 e. The number of benzene rings is 1. The Hall–Kier alpha value is -2.86. The summed E-state index contributed by atoms with van der Waals surface area (Å²) in [5, 5.41) is 5.25. The summed E-state index contributed by atoms with van der Waals surface area (Å²) in [6.07, 6.45) is 0.775. The number of anilines is 1. The minimum atomic E-state index is -0.434. The predicted octanol–water partition coefficient (Wildman–Crippen LogP) is 5.37.